The van der Waals surface area contributed by atoms with Crippen molar-refractivity contribution in [2.45, 2.75) is 38.4 Å². The second-order valence-electron chi connectivity index (χ2n) is 6.55. The van der Waals surface area contributed by atoms with E-state index in [9.17, 15) is 5.11 Å². The molecule has 0 saturated heterocycles. The second-order valence-corrected chi connectivity index (χ2v) is 6.55. The van der Waals surface area contributed by atoms with E-state index in [0.29, 0.717) is 29.8 Å². The highest BCUT2D eigenvalue weighted by Gasteiger charge is 2.29. The van der Waals surface area contributed by atoms with Crippen molar-refractivity contribution in [3.63, 3.8) is 0 Å². The summed E-state index contributed by atoms with van der Waals surface area (Å²) >= 11 is 0. The van der Waals surface area contributed by atoms with Crippen LogP contribution in [0.25, 0.3) is 0 Å². The molecule has 0 aliphatic heterocycles. The van der Waals surface area contributed by atoms with Gasteiger partial charge in [-0.2, -0.15) is 0 Å². The zero-order valence-electron chi connectivity index (χ0n) is 14.9. The smallest absolute Gasteiger partial charge is 0.203 e. The molecule has 1 unspecified atom stereocenters. The first-order valence-electron chi connectivity index (χ1n) is 8.81. The molecule has 2 aromatic rings. The van der Waals surface area contributed by atoms with Crippen molar-refractivity contribution in [2.24, 2.45) is 5.92 Å². The Bertz CT molecular complexity index is 655. The van der Waals surface area contributed by atoms with E-state index in [1.54, 1.807) is 14.2 Å². The van der Waals surface area contributed by atoms with Crippen LogP contribution in [0.15, 0.2) is 42.5 Å². The molecule has 0 bridgehead atoms. The van der Waals surface area contributed by atoms with E-state index in [0.717, 1.165) is 36.8 Å². The Hall–Kier alpha value is -2.20. The van der Waals surface area contributed by atoms with Crippen molar-refractivity contribution >= 4 is 0 Å². The molecule has 1 aliphatic carbocycles. The summed E-state index contributed by atoms with van der Waals surface area (Å²) in [4.78, 5) is 0. The molecule has 3 rings (SSSR count). The number of hydrogen-bond donors (Lipinski definition) is 1. The molecule has 0 spiro atoms. The molecule has 0 aromatic heterocycles. The summed E-state index contributed by atoms with van der Waals surface area (Å²) in [5.41, 5.74) is 2.17. The van der Waals surface area contributed by atoms with Crippen molar-refractivity contribution in [3.8, 4) is 17.2 Å². The third kappa shape index (κ3) is 4.67. The molecule has 1 atom stereocenters. The van der Waals surface area contributed by atoms with E-state index in [4.69, 9.17) is 14.2 Å². The monoisotopic (exact) mass is 342 g/mol. The summed E-state index contributed by atoms with van der Waals surface area (Å²) in [5, 5.41) is 10.1. The highest BCUT2D eigenvalue weighted by Crippen LogP contribution is 2.40. The van der Waals surface area contributed by atoms with Gasteiger partial charge in [0, 0.05) is 0 Å². The Balaban J connectivity index is 1.72. The highest BCUT2D eigenvalue weighted by molar-refractivity contribution is 5.54. The number of benzene rings is 2. The van der Waals surface area contributed by atoms with E-state index in [1.807, 2.05) is 42.5 Å². The van der Waals surface area contributed by atoms with Gasteiger partial charge in [-0.05, 0) is 54.9 Å². The largest absolute Gasteiger partial charge is 0.493 e. The number of aliphatic hydroxyl groups is 1. The SMILES string of the molecule is COc1cc(CCC(O)C2CC2)cc(OC)c1OCc1ccccc1. The maximum atomic E-state index is 10.1. The van der Waals surface area contributed by atoms with Crippen LogP contribution < -0.4 is 14.2 Å². The first kappa shape index (κ1) is 17.6. The highest BCUT2D eigenvalue weighted by atomic mass is 16.5. The zero-order valence-corrected chi connectivity index (χ0v) is 14.9. The number of hydrogen-bond acceptors (Lipinski definition) is 4. The maximum Gasteiger partial charge on any atom is 0.203 e. The van der Waals surface area contributed by atoms with Crippen LogP contribution in [0.5, 0.6) is 17.2 Å². The van der Waals surface area contributed by atoms with Crippen LogP contribution in [-0.2, 0) is 13.0 Å². The van der Waals surface area contributed by atoms with E-state index >= 15 is 0 Å². The Morgan fingerprint density at radius 1 is 1.00 bits per heavy atom. The lowest BCUT2D eigenvalue weighted by atomic mass is 10.0. The number of rotatable bonds is 9. The van der Waals surface area contributed by atoms with Gasteiger partial charge in [-0.15, -0.1) is 0 Å². The molecule has 1 fully saturated rings. The average molecular weight is 342 g/mol. The van der Waals surface area contributed by atoms with Gasteiger partial charge in [0.1, 0.15) is 6.61 Å². The first-order chi connectivity index (χ1) is 12.2. The molecule has 4 heteroatoms. The van der Waals surface area contributed by atoms with E-state index < -0.39 is 0 Å². The third-order valence-electron chi connectivity index (χ3n) is 4.64. The van der Waals surface area contributed by atoms with Gasteiger partial charge in [-0.3, -0.25) is 0 Å². The van der Waals surface area contributed by atoms with Crippen LogP contribution in [0.1, 0.15) is 30.4 Å². The molecule has 0 heterocycles. The Morgan fingerprint density at radius 3 is 2.20 bits per heavy atom. The lowest BCUT2D eigenvalue weighted by molar-refractivity contribution is 0.142. The summed E-state index contributed by atoms with van der Waals surface area (Å²) in [5.74, 6) is 2.43. The predicted octanol–water partition coefficient (Wildman–Crippen LogP) is 3.99. The second kappa shape index (κ2) is 8.26. The Labute approximate surface area is 149 Å². The molecule has 1 N–H and O–H groups in total. The van der Waals surface area contributed by atoms with Crippen LogP contribution in [0.3, 0.4) is 0 Å². The number of aliphatic hydroxyl groups excluding tert-OH is 1. The zero-order chi connectivity index (χ0) is 17.6. The average Bonchev–Trinajstić information content (AvgIpc) is 3.50. The molecular formula is C21H26O4. The molecule has 1 saturated carbocycles. The summed E-state index contributed by atoms with van der Waals surface area (Å²) in [7, 11) is 3.26. The Kier molecular flexibility index (Phi) is 5.82. The maximum absolute atomic E-state index is 10.1. The molecule has 4 nitrogen and oxygen atoms in total. The lowest BCUT2D eigenvalue weighted by Gasteiger charge is -2.17. The fourth-order valence-electron chi connectivity index (χ4n) is 2.98. The quantitative estimate of drug-likeness (QED) is 0.749. The minimum atomic E-state index is -0.203. The third-order valence-corrected chi connectivity index (χ3v) is 4.64. The lowest BCUT2D eigenvalue weighted by Crippen LogP contribution is -2.10. The topological polar surface area (TPSA) is 47.9 Å². The van der Waals surface area contributed by atoms with Crippen molar-refractivity contribution in [1.82, 2.24) is 0 Å². The minimum absolute atomic E-state index is 0.203. The fraction of sp³-hybridized carbons (Fsp3) is 0.429. The van der Waals surface area contributed by atoms with Crippen molar-refractivity contribution in [1.29, 1.82) is 0 Å². The van der Waals surface area contributed by atoms with Crippen LogP contribution in [0.4, 0.5) is 0 Å². The summed E-state index contributed by atoms with van der Waals surface area (Å²) in [6.45, 7) is 0.452. The summed E-state index contributed by atoms with van der Waals surface area (Å²) < 4.78 is 17.0. The summed E-state index contributed by atoms with van der Waals surface area (Å²) in [6, 6.07) is 13.9. The van der Waals surface area contributed by atoms with Crippen molar-refractivity contribution in [3.05, 3.63) is 53.6 Å². The van der Waals surface area contributed by atoms with Crippen molar-refractivity contribution < 1.29 is 19.3 Å². The Morgan fingerprint density at radius 2 is 1.64 bits per heavy atom. The fourth-order valence-corrected chi connectivity index (χ4v) is 2.98. The number of aryl methyl sites for hydroxylation is 1. The number of ether oxygens (including phenoxy) is 3. The normalized spacial score (nSPS) is 14.8. The predicted molar refractivity (Wildman–Crippen MR) is 97.4 cm³/mol. The minimum Gasteiger partial charge on any atom is -0.493 e. The molecule has 0 amide bonds. The van der Waals surface area contributed by atoms with Gasteiger partial charge in [0.05, 0.1) is 20.3 Å². The van der Waals surface area contributed by atoms with Crippen LogP contribution >= 0.6 is 0 Å². The van der Waals surface area contributed by atoms with Crippen LogP contribution in [0, 0.1) is 5.92 Å². The molecule has 2 aromatic carbocycles. The van der Waals surface area contributed by atoms with Crippen LogP contribution in [-0.4, -0.2) is 25.4 Å². The van der Waals surface area contributed by atoms with Crippen LogP contribution in [0.2, 0.25) is 0 Å². The molecular weight excluding hydrogens is 316 g/mol. The number of methoxy groups -OCH3 is 2. The van der Waals surface area contributed by atoms with E-state index in [1.165, 1.54) is 0 Å². The van der Waals surface area contributed by atoms with E-state index in [2.05, 4.69) is 0 Å². The summed E-state index contributed by atoms with van der Waals surface area (Å²) in [6.07, 6.45) is 3.66. The van der Waals surface area contributed by atoms with Gasteiger partial charge in [0.25, 0.3) is 0 Å². The van der Waals surface area contributed by atoms with Gasteiger partial charge in [-0.25, -0.2) is 0 Å². The van der Waals surface area contributed by atoms with Crippen molar-refractivity contribution in [2.75, 3.05) is 14.2 Å². The molecule has 1 aliphatic rings. The van der Waals surface area contributed by atoms with Gasteiger partial charge >= 0.3 is 0 Å². The van der Waals surface area contributed by atoms with Gasteiger partial charge in [0.2, 0.25) is 5.75 Å². The van der Waals surface area contributed by atoms with Gasteiger partial charge < -0.3 is 19.3 Å². The van der Waals surface area contributed by atoms with Gasteiger partial charge in [-0.1, -0.05) is 30.3 Å². The molecule has 25 heavy (non-hydrogen) atoms. The van der Waals surface area contributed by atoms with Gasteiger partial charge in [0.15, 0.2) is 11.5 Å². The first-order valence-corrected chi connectivity index (χ1v) is 8.81. The molecule has 0 radical (unpaired) electrons. The standard InChI is InChI=1S/C21H26O4/c1-23-19-12-16(8-11-18(22)17-9-10-17)13-20(24-2)21(19)25-14-15-6-4-3-5-7-15/h3-7,12-13,17-18,22H,8-11,14H2,1-2H3. The van der Waals surface area contributed by atoms with E-state index in [-0.39, 0.29) is 6.10 Å². The molecule has 134 valence electrons.